The number of fused-ring (bicyclic) bond motifs is 1. The summed E-state index contributed by atoms with van der Waals surface area (Å²) in [4.78, 5) is 13.5. The lowest BCUT2D eigenvalue weighted by atomic mass is 10.1. The second kappa shape index (κ2) is 10.3. The summed E-state index contributed by atoms with van der Waals surface area (Å²) in [6.07, 6.45) is 0.983. The van der Waals surface area contributed by atoms with Crippen LogP contribution >= 0.6 is 0 Å². The Labute approximate surface area is 209 Å². The van der Waals surface area contributed by atoms with Gasteiger partial charge >= 0.3 is 6.18 Å². The van der Waals surface area contributed by atoms with Crippen LogP contribution in [0.25, 0.3) is 16.7 Å². The minimum absolute atomic E-state index is 0.0704. The first-order valence-electron chi connectivity index (χ1n) is 10.9. The molecule has 0 atom stereocenters. The summed E-state index contributed by atoms with van der Waals surface area (Å²) < 4.78 is 42.4. The molecule has 12 heteroatoms. The Hall–Kier alpha value is -5.05. The van der Waals surface area contributed by atoms with Gasteiger partial charge in [-0.3, -0.25) is 4.98 Å². The molecule has 0 spiro atoms. The Balaban J connectivity index is 1.68. The molecule has 37 heavy (non-hydrogen) atoms. The number of hydrogen-bond acceptors (Lipinski definition) is 8. The second-order valence-corrected chi connectivity index (χ2v) is 7.68. The topological polar surface area (TPSA) is 131 Å². The van der Waals surface area contributed by atoms with Gasteiger partial charge < -0.3 is 11.1 Å². The highest BCUT2D eigenvalue weighted by molar-refractivity contribution is 6.10. The van der Waals surface area contributed by atoms with Gasteiger partial charge in [0, 0.05) is 29.1 Å². The lowest BCUT2D eigenvalue weighted by Gasteiger charge is -2.18. The summed E-state index contributed by atoms with van der Waals surface area (Å²) in [5.41, 5.74) is 5.29. The molecular formula is C25H20F3N9. The van der Waals surface area contributed by atoms with E-state index in [-0.39, 0.29) is 28.5 Å². The maximum Gasteiger partial charge on any atom is 0.434 e. The molecule has 0 saturated carbocycles. The average molecular weight is 503 g/mol. The number of nitrogens with one attached hydrogen (secondary N) is 1. The number of benzene rings is 1. The molecule has 0 aliphatic heterocycles. The summed E-state index contributed by atoms with van der Waals surface area (Å²) in [7, 11) is 0. The Morgan fingerprint density at radius 1 is 1.24 bits per heavy atom. The average Bonchev–Trinajstić information content (AvgIpc) is 3.37. The number of aryl methyl sites for hydroxylation is 1. The SMILES string of the molecule is C=C(Nc1cnc(-n2ncc(CC)n2)c(C#N)c1)C(=CN)C(=Nc1cccc2ncccc12)C(F)(F)F. The number of aliphatic imine (C=N–C) groups is 1. The number of pyridine rings is 2. The molecule has 186 valence electrons. The van der Waals surface area contributed by atoms with Crippen molar-refractivity contribution in [2.45, 2.75) is 19.5 Å². The molecule has 0 saturated heterocycles. The van der Waals surface area contributed by atoms with E-state index in [4.69, 9.17) is 5.73 Å². The standard InChI is InChI=1S/C25H20F3N9/c1-3-17-14-33-37(36-17)24-16(11-29)10-18(13-32-24)34-15(2)20(12-30)23(25(26,27)28)35-22-8-4-7-21-19(22)6-5-9-31-21/h4-10,12-14,34H,2-3,30H2,1H3. The van der Waals surface area contributed by atoms with Crippen molar-refractivity contribution in [3.63, 3.8) is 0 Å². The fraction of sp³-hybridized carbons (Fsp3) is 0.120. The fourth-order valence-corrected chi connectivity index (χ4v) is 3.47. The minimum Gasteiger partial charge on any atom is -0.404 e. The minimum atomic E-state index is -4.86. The van der Waals surface area contributed by atoms with Gasteiger partial charge in [-0.15, -0.1) is 4.80 Å². The predicted molar refractivity (Wildman–Crippen MR) is 133 cm³/mol. The van der Waals surface area contributed by atoms with Crippen LogP contribution in [0, 0.1) is 11.3 Å². The molecule has 0 fully saturated rings. The van der Waals surface area contributed by atoms with E-state index in [2.05, 4.69) is 37.1 Å². The maximum absolute atomic E-state index is 14.1. The van der Waals surface area contributed by atoms with Crippen molar-refractivity contribution in [1.29, 1.82) is 5.26 Å². The molecule has 0 aliphatic carbocycles. The molecule has 9 nitrogen and oxygen atoms in total. The number of allylic oxidation sites excluding steroid dienone is 1. The van der Waals surface area contributed by atoms with Gasteiger partial charge in [-0.1, -0.05) is 19.6 Å². The van der Waals surface area contributed by atoms with Gasteiger partial charge in [0.25, 0.3) is 0 Å². The van der Waals surface area contributed by atoms with Crippen LogP contribution in [0.3, 0.4) is 0 Å². The first-order chi connectivity index (χ1) is 17.7. The van der Waals surface area contributed by atoms with E-state index in [1.54, 1.807) is 30.5 Å². The molecule has 3 aromatic heterocycles. The number of anilines is 1. The van der Waals surface area contributed by atoms with Gasteiger partial charge in [0.1, 0.15) is 11.6 Å². The van der Waals surface area contributed by atoms with Crippen molar-refractivity contribution in [3.8, 4) is 11.9 Å². The lowest BCUT2D eigenvalue weighted by molar-refractivity contribution is -0.0580. The van der Waals surface area contributed by atoms with Crippen LogP contribution in [0.1, 0.15) is 18.2 Å². The molecule has 3 heterocycles. The first-order valence-corrected chi connectivity index (χ1v) is 10.9. The number of nitrogens with two attached hydrogens (primary N) is 1. The number of halogens is 3. The third kappa shape index (κ3) is 5.30. The van der Waals surface area contributed by atoms with Crippen molar-refractivity contribution in [2.24, 2.45) is 10.7 Å². The van der Waals surface area contributed by atoms with Crippen LogP contribution in [0.2, 0.25) is 0 Å². The molecule has 0 bridgehead atoms. The van der Waals surface area contributed by atoms with E-state index < -0.39 is 17.5 Å². The zero-order valence-corrected chi connectivity index (χ0v) is 19.5. The van der Waals surface area contributed by atoms with Crippen molar-refractivity contribution < 1.29 is 13.2 Å². The number of nitrogens with zero attached hydrogens (tertiary/aromatic N) is 7. The number of alkyl halides is 3. The summed E-state index contributed by atoms with van der Waals surface area (Å²) in [5, 5.41) is 21.1. The van der Waals surface area contributed by atoms with Crippen LogP contribution < -0.4 is 11.1 Å². The van der Waals surface area contributed by atoms with Crippen LogP contribution in [0.15, 0.2) is 84.0 Å². The molecule has 0 radical (unpaired) electrons. The Morgan fingerprint density at radius 3 is 2.73 bits per heavy atom. The van der Waals surface area contributed by atoms with Gasteiger partial charge in [-0.05, 0) is 36.8 Å². The number of hydrogen-bond donors (Lipinski definition) is 2. The molecule has 0 unspecified atom stereocenters. The molecule has 0 amide bonds. The number of nitriles is 1. The van der Waals surface area contributed by atoms with Gasteiger partial charge in [0.2, 0.25) is 0 Å². The van der Waals surface area contributed by atoms with Crippen molar-refractivity contribution in [3.05, 3.63) is 90.3 Å². The Morgan fingerprint density at radius 2 is 2.05 bits per heavy atom. The van der Waals surface area contributed by atoms with Crippen LogP contribution in [-0.4, -0.2) is 36.8 Å². The molecule has 4 rings (SSSR count). The highest BCUT2D eigenvalue weighted by Gasteiger charge is 2.39. The molecule has 4 aromatic rings. The first kappa shape index (κ1) is 25.1. The summed E-state index contributed by atoms with van der Waals surface area (Å²) in [6, 6.07) is 11.3. The maximum atomic E-state index is 14.1. The number of aromatic nitrogens is 5. The van der Waals surface area contributed by atoms with Crippen molar-refractivity contribution in [1.82, 2.24) is 25.0 Å². The summed E-state index contributed by atoms with van der Waals surface area (Å²) in [5.74, 6) is 0.176. The second-order valence-electron chi connectivity index (χ2n) is 7.68. The molecule has 1 aromatic carbocycles. The van der Waals surface area contributed by atoms with E-state index >= 15 is 0 Å². The van der Waals surface area contributed by atoms with Gasteiger partial charge in [0.15, 0.2) is 11.5 Å². The molecule has 0 aliphatic rings. The van der Waals surface area contributed by atoms with E-state index in [1.165, 1.54) is 29.3 Å². The van der Waals surface area contributed by atoms with E-state index in [0.717, 1.165) is 6.20 Å². The highest BCUT2D eigenvalue weighted by atomic mass is 19.4. The summed E-state index contributed by atoms with van der Waals surface area (Å²) >= 11 is 0. The number of rotatable bonds is 7. The monoisotopic (exact) mass is 503 g/mol. The normalized spacial score (nSPS) is 12.4. The third-order valence-corrected chi connectivity index (χ3v) is 5.24. The quantitative estimate of drug-likeness (QED) is 0.275. The van der Waals surface area contributed by atoms with Crippen LogP contribution in [0.5, 0.6) is 0 Å². The lowest BCUT2D eigenvalue weighted by Crippen LogP contribution is -2.27. The van der Waals surface area contributed by atoms with Crippen LogP contribution in [0.4, 0.5) is 24.5 Å². The zero-order chi connectivity index (χ0) is 26.6. The van der Waals surface area contributed by atoms with Crippen molar-refractivity contribution >= 4 is 28.0 Å². The van der Waals surface area contributed by atoms with Crippen molar-refractivity contribution in [2.75, 3.05) is 5.32 Å². The van der Waals surface area contributed by atoms with Gasteiger partial charge in [0.05, 0.1) is 35.0 Å². The van der Waals surface area contributed by atoms with Crippen LogP contribution in [-0.2, 0) is 6.42 Å². The Bertz CT molecular complexity index is 1570. The van der Waals surface area contributed by atoms with E-state index in [0.29, 0.717) is 23.0 Å². The Kier molecular flexibility index (Phi) is 6.97. The van der Waals surface area contributed by atoms with E-state index in [1.807, 2.05) is 13.0 Å². The van der Waals surface area contributed by atoms with Gasteiger partial charge in [-0.25, -0.2) is 9.98 Å². The largest absolute Gasteiger partial charge is 0.434 e. The molecular weight excluding hydrogens is 483 g/mol. The fourth-order valence-electron chi connectivity index (χ4n) is 3.47. The smallest absolute Gasteiger partial charge is 0.404 e. The molecule has 3 N–H and O–H groups in total. The van der Waals surface area contributed by atoms with Gasteiger partial charge in [-0.2, -0.15) is 28.6 Å². The predicted octanol–water partition coefficient (Wildman–Crippen LogP) is 4.75. The summed E-state index contributed by atoms with van der Waals surface area (Å²) in [6.45, 7) is 5.62. The third-order valence-electron chi connectivity index (χ3n) is 5.24. The highest BCUT2D eigenvalue weighted by Crippen LogP contribution is 2.32. The zero-order valence-electron chi connectivity index (χ0n) is 19.5. The van der Waals surface area contributed by atoms with E-state index in [9.17, 15) is 18.4 Å².